The maximum absolute atomic E-state index is 13.0. The van der Waals surface area contributed by atoms with Gasteiger partial charge in [0, 0.05) is 22.6 Å². The third-order valence-corrected chi connectivity index (χ3v) is 6.20. The van der Waals surface area contributed by atoms with E-state index in [0.717, 1.165) is 0 Å². The molecule has 0 fully saturated rings. The van der Waals surface area contributed by atoms with E-state index in [-0.39, 0.29) is 22.3 Å². The van der Waals surface area contributed by atoms with Crippen molar-refractivity contribution in [1.82, 2.24) is 0 Å². The highest BCUT2D eigenvalue weighted by Gasteiger charge is 2.43. The average Bonchev–Trinajstić information content (AvgIpc) is 2.77. The maximum Gasteiger partial charge on any atom is 0.573 e. The van der Waals surface area contributed by atoms with Crippen molar-refractivity contribution < 1.29 is 36.6 Å². The van der Waals surface area contributed by atoms with Gasteiger partial charge >= 0.3 is 18.0 Å². The molecule has 0 radical (unpaired) electrons. The number of fused-ring (bicyclic) bond motifs is 1. The Kier molecular flexibility index (Phi) is 7.49. The van der Waals surface area contributed by atoms with Crippen LogP contribution in [0.3, 0.4) is 0 Å². The van der Waals surface area contributed by atoms with Gasteiger partial charge in [0.05, 0.1) is 5.56 Å². The summed E-state index contributed by atoms with van der Waals surface area (Å²) >= 11 is 0. The number of rotatable bonds is 8. The first-order valence-electron chi connectivity index (χ1n) is 11.6. The van der Waals surface area contributed by atoms with E-state index in [9.17, 15) is 22.8 Å². The third kappa shape index (κ3) is 6.34. The van der Waals surface area contributed by atoms with Crippen molar-refractivity contribution in [2.24, 2.45) is 0 Å². The van der Waals surface area contributed by atoms with Crippen LogP contribution in [0.2, 0.25) is 0 Å². The Morgan fingerprint density at radius 3 is 2.22 bits per heavy atom. The molecule has 198 valence electrons. The first-order valence-corrected chi connectivity index (χ1v) is 11.6. The molecule has 0 spiro atoms. The first-order chi connectivity index (χ1) is 17.0. The van der Waals surface area contributed by atoms with Crippen LogP contribution < -0.4 is 15.1 Å². The molecule has 6 nitrogen and oxygen atoms in total. The van der Waals surface area contributed by atoms with Gasteiger partial charge in [0.2, 0.25) is 0 Å². The van der Waals surface area contributed by atoms with Crippen LogP contribution in [0, 0.1) is 0 Å². The smallest absolute Gasteiger partial charge is 0.484 e. The fourth-order valence-corrected chi connectivity index (χ4v) is 3.42. The predicted molar refractivity (Wildman–Crippen MR) is 134 cm³/mol. The summed E-state index contributed by atoms with van der Waals surface area (Å²) in [7, 11) is 0. The molecule has 0 aliphatic heterocycles. The van der Waals surface area contributed by atoms with Crippen LogP contribution in [0.15, 0.2) is 63.8 Å². The zero-order valence-electron chi connectivity index (χ0n) is 21.5. The van der Waals surface area contributed by atoms with E-state index in [4.69, 9.17) is 13.9 Å². The summed E-state index contributed by atoms with van der Waals surface area (Å²) in [5, 5.41) is 0.463. The Morgan fingerprint density at radius 1 is 0.946 bits per heavy atom. The van der Waals surface area contributed by atoms with Crippen LogP contribution in [-0.4, -0.2) is 23.5 Å². The molecule has 0 saturated carbocycles. The normalized spacial score (nSPS) is 12.4. The Hall–Kier alpha value is -3.75. The van der Waals surface area contributed by atoms with Crippen LogP contribution in [0.4, 0.5) is 13.2 Å². The van der Waals surface area contributed by atoms with Crippen LogP contribution in [0.1, 0.15) is 47.1 Å². The number of benzene rings is 2. The fraction of sp³-hybridized carbons (Fsp3) is 0.357. The molecular weight excluding hydrogens is 489 g/mol. The van der Waals surface area contributed by atoms with Gasteiger partial charge < -0.3 is 18.6 Å². The van der Waals surface area contributed by atoms with E-state index in [1.165, 1.54) is 24.3 Å². The molecular formula is C28H29F3O6. The van der Waals surface area contributed by atoms with Gasteiger partial charge in [-0.05, 0) is 70.9 Å². The number of aryl methyl sites for hydroxylation is 1. The molecule has 0 saturated heterocycles. The van der Waals surface area contributed by atoms with E-state index in [2.05, 4.69) is 11.3 Å². The number of halogens is 3. The Balaban J connectivity index is 1.99. The monoisotopic (exact) mass is 518 g/mol. The van der Waals surface area contributed by atoms with E-state index in [1.54, 1.807) is 59.7 Å². The summed E-state index contributed by atoms with van der Waals surface area (Å²) in [6, 6.07) is 10.5. The molecule has 2 aromatic carbocycles. The highest BCUT2D eigenvalue weighted by atomic mass is 19.4. The van der Waals surface area contributed by atoms with Crippen LogP contribution in [-0.2, 0) is 16.0 Å². The summed E-state index contributed by atoms with van der Waals surface area (Å²) in [4.78, 5) is 24.9. The number of carbonyl (C=O) groups excluding carboxylic acids is 1. The summed E-state index contributed by atoms with van der Waals surface area (Å²) in [5.74, 6) is -0.701. The molecule has 0 unspecified atom stereocenters. The van der Waals surface area contributed by atoms with Crippen LogP contribution >= 0.6 is 0 Å². The first kappa shape index (κ1) is 27.8. The molecule has 1 heterocycles. The lowest BCUT2D eigenvalue weighted by Crippen LogP contribution is -2.52. The largest absolute Gasteiger partial charge is 0.573 e. The second-order valence-electron chi connectivity index (χ2n) is 9.67. The standard InChI is InChI=1S/C28H29F3O6/c1-8-17-9-12-20(23(13-17)36-28(29,30)31)21-14-18-10-11-19(15-22(18)34-25(21)33)35-26(4,5)27(6,7)37-24(32)16(2)3/h9-15H,2,8H2,1,3-7H3. The Labute approximate surface area is 212 Å². The number of carbonyl (C=O) groups is 1. The molecule has 37 heavy (non-hydrogen) atoms. The fourth-order valence-electron chi connectivity index (χ4n) is 3.42. The van der Waals surface area contributed by atoms with E-state index < -0.39 is 34.9 Å². The molecule has 0 aliphatic rings. The van der Waals surface area contributed by atoms with Gasteiger partial charge in [-0.15, -0.1) is 13.2 Å². The topological polar surface area (TPSA) is 75.0 Å². The number of ether oxygens (including phenoxy) is 3. The molecule has 0 N–H and O–H groups in total. The van der Waals surface area contributed by atoms with Crippen molar-refractivity contribution in [3.8, 4) is 22.6 Å². The van der Waals surface area contributed by atoms with Crippen molar-refractivity contribution in [2.75, 3.05) is 0 Å². The lowest BCUT2D eigenvalue weighted by Gasteiger charge is -2.40. The third-order valence-electron chi connectivity index (χ3n) is 6.20. The van der Waals surface area contributed by atoms with Crippen LogP contribution in [0.25, 0.3) is 22.1 Å². The SMILES string of the molecule is C=C(C)C(=O)OC(C)(C)C(C)(C)Oc1ccc2cc(-c3ccc(CC)cc3OC(F)(F)F)c(=O)oc2c1. The minimum Gasteiger partial charge on any atom is -0.484 e. The van der Waals surface area contributed by atoms with Gasteiger partial charge in [0.1, 0.15) is 28.3 Å². The van der Waals surface area contributed by atoms with Crippen molar-refractivity contribution in [3.63, 3.8) is 0 Å². The second kappa shape index (κ2) is 9.95. The van der Waals surface area contributed by atoms with Gasteiger partial charge in [-0.3, -0.25) is 0 Å². The van der Waals surface area contributed by atoms with E-state index in [0.29, 0.717) is 23.1 Å². The molecule has 9 heteroatoms. The van der Waals surface area contributed by atoms with E-state index >= 15 is 0 Å². The highest BCUT2D eigenvalue weighted by molar-refractivity contribution is 5.87. The molecule has 3 aromatic rings. The number of hydrogen-bond donors (Lipinski definition) is 0. The lowest BCUT2D eigenvalue weighted by molar-refractivity contribution is -0.274. The average molecular weight is 519 g/mol. The van der Waals surface area contributed by atoms with Crippen molar-refractivity contribution >= 4 is 16.9 Å². The molecule has 0 bridgehead atoms. The number of esters is 1. The minimum atomic E-state index is -4.93. The number of hydrogen-bond acceptors (Lipinski definition) is 6. The number of alkyl halides is 3. The quantitative estimate of drug-likeness (QED) is 0.182. The van der Waals surface area contributed by atoms with Crippen molar-refractivity contribution in [1.29, 1.82) is 0 Å². The molecule has 0 amide bonds. The summed E-state index contributed by atoms with van der Waals surface area (Å²) < 4.78 is 60.4. The van der Waals surface area contributed by atoms with Gasteiger partial charge in [-0.25, -0.2) is 9.59 Å². The Morgan fingerprint density at radius 2 is 1.62 bits per heavy atom. The van der Waals surface area contributed by atoms with Gasteiger partial charge in [-0.1, -0.05) is 25.6 Å². The highest BCUT2D eigenvalue weighted by Crippen LogP contribution is 2.36. The summed E-state index contributed by atoms with van der Waals surface area (Å²) in [6.45, 7) is 13.8. The maximum atomic E-state index is 13.0. The molecule has 0 aliphatic carbocycles. The van der Waals surface area contributed by atoms with Crippen LogP contribution in [0.5, 0.6) is 11.5 Å². The van der Waals surface area contributed by atoms with Crippen molar-refractivity contribution in [2.45, 2.75) is 65.5 Å². The van der Waals surface area contributed by atoms with Gasteiger partial charge in [0.15, 0.2) is 0 Å². The molecule has 3 rings (SSSR count). The molecule has 1 aromatic heterocycles. The molecule has 0 atom stereocenters. The Bertz CT molecular complexity index is 1400. The van der Waals surface area contributed by atoms with Gasteiger partial charge in [-0.2, -0.15) is 0 Å². The summed E-state index contributed by atoms with van der Waals surface area (Å²) in [5.41, 5.74) is -1.96. The minimum absolute atomic E-state index is 0.0345. The van der Waals surface area contributed by atoms with Gasteiger partial charge in [0.25, 0.3) is 0 Å². The summed E-state index contributed by atoms with van der Waals surface area (Å²) in [6.07, 6.45) is -4.44. The lowest BCUT2D eigenvalue weighted by atomic mass is 9.89. The van der Waals surface area contributed by atoms with E-state index in [1.807, 2.05) is 0 Å². The predicted octanol–water partition coefficient (Wildman–Crippen LogP) is 6.98. The zero-order chi connectivity index (χ0) is 27.8. The zero-order valence-corrected chi connectivity index (χ0v) is 21.5. The second-order valence-corrected chi connectivity index (χ2v) is 9.67. The van der Waals surface area contributed by atoms with Crippen molar-refractivity contribution in [3.05, 3.63) is 70.6 Å².